The summed E-state index contributed by atoms with van der Waals surface area (Å²) in [6, 6.07) is 0. The minimum Gasteiger partial charge on any atom is -0.392 e. The van der Waals surface area contributed by atoms with Gasteiger partial charge in [-0.2, -0.15) is 4.37 Å². The van der Waals surface area contributed by atoms with Crippen molar-refractivity contribution < 1.29 is 14.0 Å². The van der Waals surface area contributed by atoms with Crippen molar-refractivity contribution in [1.82, 2.24) is 9.36 Å². The molecule has 0 aliphatic carbocycles. The van der Waals surface area contributed by atoms with Crippen molar-refractivity contribution in [2.75, 3.05) is 12.3 Å². The van der Waals surface area contributed by atoms with E-state index in [0.29, 0.717) is 0 Å². The molecule has 1 rings (SSSR count). The summed E-state index contributed by atoms with van der Waals surface area (Å²) >= 11 is 5.80. The van der Waals surface area contributed by atoms with Crippen LogP contribution >= 0.6 is 35.5 Å². The third-order valence-corrected chi connectivity index (χ3v) is 1.84. The summed E-state index contributed by atoms with van der Waals surface area (Å²) in [5.41, 5.74) is 5.26. The summed E-state index contributed by atoms with van der Waals surface area (Å²) < 4.78 is 16.8. The molecule has 1 aromatic heterocycles. The molecule has 0 radical (unpaired) electrons. The van der Waals surface area contributed by atoms with Crippen molar-refractivity contribution in [1.29, 1.82) is 0 Å². The smallest absolute Gasteiger partial charge is 0.266 e. The summed E-state index contributed by atoms with van der Waals surface area (Å²) in [5.74, 6) is -0.0649. The van der Waals surface area contributed by atoms with Crippen LogP contribution in [0.25, 0.3) is 0 Å². The average molecular weight is 289 g/mol. The fourth-order valence-electron chi connectivity index (χ4n) is 0.636. The zero-order chi connectivity index (χ0) is 11.3. The molecule has 1 aromatic rings. The number of nitrogens with two attached hydrogens (primary N) is 1. The molecular weight excluding hydrogens is 282 g/mol. The number of carbonyl (C=O) groups excluding carboxylic acids is 1. The van der Waals surface area contributed by atoms with Crippen molar-refractivity contribution >= 4 is 52.1 Å². The number of hydrogen-bond acceptors (Lipinski definition) is 7. The van der Waals surface area contributed by atoms with Crippen LogP contribution in [0.5, 0.6) is 0 Å². The third kappa shape index (κ3) is 5.19. The molecule has 0 saturated heterocycles. The number of rotatable bonds is 5. The first-order valence-electron chi connectivity index (χ1n) is 3.67. The van der Waals surface area contributed by atoms with Crippen LogP contribution in [0.3, 0.4) is 0 Å². The topological polar surface area (TPSA) is 90.5 Å². The second kappa shape index (κ2) is 7.31. The van der Waals surface area contributed by atoms with Crippen LogP contribution in [0.1, 0.15) is 12.0 Å². The lowest BCUT2D eigenvalue weighted by Gasteiger charge is -2.00. The number of nitrogens with zero attached hydrogens (tertiary/aromatic N) is 3. The summed E-state index contributed by atoms with van der Waals surface area (Å²) in [4.78, 5) is 18.2. The summed E-state index contributed by atoms with van der Waals surface area (Å²) in [6.45, 7) is -0.406. The zero-order valence-electron chi connectivity index (χ0n) is 7.67. The van der Waals surface area contributed by atoms with Crippen molar-refractivity contribution in [3.05, 3.63) is 5.82 Å². The van der Waals surface area contributed by atoms with Crippen LogP contribution < -0.4 is 5.73 Å². The van der Waals surface area contributed by atoms with Gasteiger partial charge in [0.05, 0.1) is 0 Å². The van der Waals surface area contributed by atoms with Gasteiger partial charge in [-0.15, -0.1) is 12.4 Å². The third-order valence-electron chi connectivity index (χ3n) is 1.19. The SMILES string of the molecule is Cl.Nc1nc(C(F)CO/N=C\C(=O)Cl)ns1. The monoisotopic (exact) mass is 288 g/mol. The van der Waals surface area contributed by atoms with Crippen LogP contribution in [-0.2, 0) is 9.63 Å². The van der Waals surface area contributed by atoms with Gasteiger partial charge >= 0.3 is 0 Å². The van der Waals surface area contributed by atoms with Crippen LogP contribution in [0.4, 0.5) is 9.52 Å². The fraction of sp³-hybridized carbons (Fsp3) is 0.333. The van der Waals surface area contributed by atoms with E-state index in [1.54, 1.807) is 0 Å². The Balaban J connectivity index is 0.00000225. The van der Waals surface area contributed by atoms with E-state index in [9.17, 15) is 9.18 Å². The maximum atomic E-state index is 13.2. The van der Waals surface area contributed by atoms with Crippen molar-refractivity contribution in [3.8, 4) is 0 Å². The van der Waals surface area contributed by atoms with Crippen molar-refractivity contribution in [3.63, 3.8) is 0 Å². The Bertz CT molecular complexity index is 375. The minimum absolute atomic E-state index is 0. The van der Waals surface area contributed by atoms with E-state index in [1.165, 1.54) is 0 Å². The number of hydrogen-bond donors (Lipinski definition) is 1. The first-order valence-corrected chi connectivity index (χ1v) is 4.82. The van der Waals surface area contributed by atoms with E-state index in [0.717, 1.165) is 17.7 Å². The normalized spacial score (nSPS) is 12.1. The predicted octanol–water partition coefficient (Wildman–Crippen LogP) is 1.32. The quantitative estimate of drug-likeness (QED) is 0.501. The molecule has 0 bridgehead atoms. The molecule has 1 unspecified atom stereocenters. The molecular formula is C6H7Cl2FN4O2S. The van der Waals surface area contributed by atoms with Gasteiger partial charge in [-0.25, -0.2) is 9.37 Å². The molecule has 0 aliphatic heterocycles. The fourth-order valence-corrected chi connectivity index (χ4v) is 1.15. The first-order chi connectivity index (χ1) is 7.09. The van der Waals surface area contributed by atoms with Gasteiger partial charge in [-0.05, 0) is 11.6 Å². The van der Waals surface area contributed by atoms with E-state index >= 15 is 0 Å². The van der Waals surface area contributed by atoms with E-state index in [4.69, 9.17) is 17.3 Å². The van der Waals surface area contributed by atoms with E-state index in [2.05, 4.69) is 19.4 Å². The van der Waals surface area contributed by atoms with Crippen LogP contribution in [0.2, 0.25) is 0 Å². The Labute approximate surface area is 105 Å². The summed E-state index contributed by atoms with van der Waals surface area (Å²) in [7, 11) is 0. The Morgan fingerprint density at radius 3 is 3.00 bits per heavy atom. The maximum absolute atomic E-state index is 13.2. The molecule has 0 amide bonds. The van der Waals surface area contributed by atoms with Gasteiger partial charge in [0.1, 0.15) is 6.21 Å². The van der Waals surface area contributed by atoms with Gasteiger partial charge in [0.25, 0.3) is 5.24 Å². The average Bonchev–Trinajstić information content (AvgIpc) is 2.59. The lowest BCUT2D eigenvalue weighted by Crippen LogP contribution is -2.03. The largest absolute Gasteiger partial charge is 0.392 e. The Kier molecular flexibility index (Phi) is 6.86. The van der Waals surface area contributed by atoms with E-state index in [-0.39, 0.29) is 23.4 Å². The molecule has 0 fully saturated rings. The highest BCUT2D eigenvalue weighted by Gasteiger charge is 2.15. The minimum atomic E-state index is -1.54. The molecule has 0 spiro atoms. The Hall–Kier alpha value is -0.990. The number of halogens is 3. The van der Waals surface area contributed by atoms with Crippen LogP contribution in [0, 0.1) is 0 Å². The Morgan fingerprint density at radius 2 is 2.50 bits per heavy atom. The highest BCUT2D eigenvalue weighted by atomic mass is 35.5. The molecule has 0 aromatic carbocycles. The van der Waals surface area contributed by atoms with E-state index < -0.39 is 18.0 Å². The van der Waals surface area contributed by atoms with Gasteiger partial charge in [-0.1, -0.05) is 5.16 Å². The first kappa shape index (κ1) is 15.0. The second-order valence-corrected chi connectivity index (χ2v) is 3.45. The molecule has 0 aliphatic rings. The molecule has 0 saturated carbocycles. The van der Waals surface area contributed by atoms with Gasteiger partial charge in [0.15, 0.2) is 23.7 Å². The molecule has 1 atom stereocenters. The number of anilines is 1. The van der Waals surface area contributed by atoms with Crippen LogP contribution in [-0.4, -0.2) is 27.4 Å². The standard InChI is InChI=1S/C6H6ClFN4O2S.ClH/c7-4(13)1-10-14-2-3(8)5-11-6(9)15-12-5;/h1,3H,2H2,(H2,9,11,12);1H/b10-1-;. The van der Waals surface area contributed by atoms with Gasteiger partial charge in [0, 0.05) is 11.5 Å². The zero-order valence-corrected chi connectivity index (χ0v) is 10.1. The number of carbonyl (C=O) groups is 1. The van der Waals surface area contributed by atoms with Crippen molar-refractivity contribution in [2.24, 2.45) is 5.16 Å². The molecule has 90 valence electrons. The van der Waals surface area contributed by atoms with Gasteiger partial charge in [0.2, 0.25) is 0 Å². The van der Waals surface area contributed by atoms with Gasteiger partial charge < -0.3 is 10.6 Å². The van der Waals surface area contributed by atoms with E-state index in [1.807, 2.05) is 0 Å². The highest BCUT2D eigenvalue weighted by Crippen LogP contribution is 2.17. The second-order valence-electron chi connectivity index (χ2n) is 2.29. The maximum Gasteiger partial charge on any atom is 0.266 e. The number of nitrogen functional groups attached to an aromatic ring is 1. The number of alkyl halides is 1. The molecule has 16 heavy (non-hydrogen) atoms. The lowest BCUT2D eigenvalue weighted by molar-refractivity contribution is -0.106. The van der Waals surface area contributed by atoms with Crippen LogP contribution in [0.15, 0.2) is 5.16 Å². The van der Waals surface area contributed by atoms with Gasteiger partial charge in [-0.3, -0.25) is 4.79 Å². The predicted molar refractivity (Wildman–Crippen MR) is 60.7 cm³/mol. The molecule has 10 heteroatoms. The van der Waals surface area contributed by atoms with Crippen molar-refractivity contribution in [2.45, 2.75) is 6.17 Å². The molecule has 1 heterocycles. The number of aromatic nitrogens is 2. The lowest BCUT2D eigenvalue weighted by atomic mass is 10.4. The summed E-state index contributed by atoms with van der Waals surface area (Å²) in [5, 5.41) is 2.48. The molecule has 2 N–H and O–H groups in total. The molecule has 6 nitrogen and oxygen atoms in total. The number of oxime groups is 1. The Morgan fingerprint density at radius 1 is 1.81 bits per heavy atom. The highest BCUT2D eigenvalue weighted by molar-refractivity contribution is 7.09. The summed E-state index contributed by atoms with van der Waals surface area (Å²) in [6.07, 6.45) is -0.821.